The number of aromatic nitrogens is 2. The van der Waals surface area contributed by atoms with E-state index in [9.17, 15) is 0 Å². The molecular weight excluding hydrogens is 234 g/mol. The minimum absolute atomic E-state index is 0.582. The molecule has 1 aromatic heterocycles. The molecule has 0 bridgehead atoms. The van der Waals surface area contributed by atoms with Gasteiger partial charge in [0.15, 0.2) is 0 Å². The number of hydrogen-bond donors (Lipinski definition) is 1. The van der Waals surface area contributed by atoms with Crippen molar-refractivity contribution in [2.24, 2.45) is 7.05 Å². The lowest BCUT2D eigenvalue weighted by Gasteiger charge is -2.10. The Balaban J connectivity index is 2.13. The van der Waals surface area contributed by atoms with Gasteiger partial charge in [-0.05, 0) is 25.3 Å². The highest BCUT2D eigenvalue weighted by Crippen LogP contribution is 2.41. The zero-order valence-corrected chi connectivity index (χ0v) is 11.7. The maximum Gasteiger partial charge on any atom is 0.129 e. The van der Waals surface area contributed by atoms with Crippen molar-refractivity contribution in [3.05, 3.63) is 35.5 Å². The quantitative estimate of drug-likeness (QED) is 0.890. The fourth-order valence-corrected chi connectivity index (χ4v) is 3.14. The van der Waals surface area contributed by atoms with Gasteiger partial charge < -0.3 is 5.73 Å². The van der Waals surface area contributed by atoms with Gasteiger partial charge in [0.25, 0.3) is 0 Å². The van der Waals surface area contributed by atoms with Gasteiger partial charge in [-0.2, -0.15) is 5.10 Å². The van der Waals surface area contributed by atoms with Crippen LogP contribution in [0.25, 0.3) is 11.1 Å². The molecule has 2 aromatic rings. The van der Waals surface area contributed by atoms with E-state index in [0.717, 1.165) is 11.4 Å². The second-order valence-corrected chi connectivity index (χ2v) is 5.62. The maximum absolute atomic E-state index is 6.25. The highest BCUT2D eigenvalue weighted by atomic mass is 15.3. The summed E-state index contributed by atoms with van der Waals surface area (Å²) in [5, 5.41) is 4.69. The molecule has 3 heteroatoms. The largest absolute Gasteiger partial charge is 0.383 e. The standard InChI is InChI=1S/C16H21N3/c1-11-6-5-9-13(10-11)14-15(12-7-3-4-8-12)18-19(2)16(14)17/h5-6,9-10,12H,3-4,7-8,17H2,1-2H3. The first-order chi connectivity index (χ1) is 9.16. The maximum atomic E-state index is 6.25. The van der Waals surface area contributed by atoms with Crippen molar-refractivity contribution >= 4 is 5.82 Å². The second-order valence-electron chi connectivity index (χ2n) is 5.62. The molecule has 3 nitrogen and oxygen atoms in total. The van der Waals surface area contributed by atoms with Crippen LogP contribution in [0, 0.1) is 6.92 Å². The highest BCUT2D eigenvalue weighted by molar-refractivity contribution is 5.77. The van der Waals surface area contributed by atoms with Crippen LogP contribution >= 0.6 is 0 Å². The van der Waals surface area contributed by atoms with Crippen LogP contribution in [0.5, 0.6) is 0 Å². The van der Waals surface area contributed by atoms with Crippen molar-refractivity contribution in [2.45, 2.75) is 38.5 Å². The van der Waals surface area contributed by atoms with Crippen molar-refractivity contribution in [2.75, 3.05) is 5.73 Å². The molecule has 2 N–H and O–H groups in total. The van der Waals surface area contributed by atoms with Crippen LogP contribution in [0.1, 0.15) is 42.9 Å². The number of hydrogen-bond acceptors (Lipinski definition) is 2. The van der Waals surface area contributed by atoms with E-state index in [1.54, 1.807) is 0 Å². The third kappa shape index (κ3) is 2.14. The summed E-state index contributed by atoms with van der Waals surface area (Å²) in [6.07, 6.45) is 5.12. The predicted molar refractivity (Wildman–Crippen MR) is 79.0 cm³/mol. The molecule has 0 radical (unpaired) electrons. The van der Waals surface area contributed by atoms with Crippen molar-refractivity contribution in [3.8, 4) is 11.1 Å². The summed E-state index contributed by atoms with van der Waals surface area (Å²) in [6, 6.07) is 8.55. The average Bonchev–Trinajstić information content (AvgIpc) is 2.99. The molecule has 1 aromatic carbocycles. The van der Waals surface area contributed by atoms with Gasteiger partial charge in [0, 0.05) is 18.5 Å². The van der Waals surface area contributed by atoms with Crippen molar-refractivity contribution in [1.82, 2.24) is 9.78 Å². The summed E-state index contributed by atoms with van der Waals surface area (Å²) in [5.74, 6) is 1.37. The van der Waals surface area contributed by atoms with Crippen LogP contribution in [-0.4, -0.2) is 9.78 Å². The highest BCUT2D eigenvalue weighted by Gasteiger charge is 2.25. The van der Waals surface area contributed by atoms with Crippen LogP contribution in [-0.2, 0) is 7.05 Å². The number of nitrogens with zero attached hydrogens (tertiary/aromatic N) is 2. The summed E-state index contributed by atoms with van der Waals surface area (Å²) < 4.78 is 1.82. The van der Waals surface area contributed by atoms with Gasteiger partial charge in [-0.3, -0.25) is 4.68 Å². The third-order valence-corrected chi connectivity index (χ3v) is 4.17. The van der Waals surface area contributed by atoms with Gasteiger partial charge in [0.1, 0.15) is 5.82 Å². The van der Waals surface area contributed by atoms with E-state index in [0.29, 0.717) is 5.92 Å². The van der Waals surface area contributed by atoms with E-state index in [1.165, 1.54) is 42.5 Å². The summed E-state index contributed by atoms with van der Waals surface area (Å²) in [5.41, 5.74) is 11.1. The summed E-state index contributed by atoms with van der Waals surface area (Å²) >= 11 is 0. The van der Waals surface area contributed by atoms with Gasteiger partial charge in [-0.1, -0.05) is 42.7 Å². The minimum atomic E-state index is 0.582. The normalized spacial score (nSPS) is 16.1. The summed E-state index contributed by atoms with van der Waals surface area (Å²) in [4.78, 5) is 0. The fraction of sp³-hybridized carbons (Fsp3) is 0.438. The Kier molecular flexibility index (Phi) is 3.05. The average molecular weight is 255 g/mol. The summed E-state index contributed by atoms with van der Waals surface area (Å²) in [7, 11) is 1.94. The van der Waals surface area contributed by atoms with E-state index in [1.807, 2.05) is 11.7 Å². The minimum Gasteiger partial charge on any atom is -0.383 e. The molecule has 0 amide bonds. The zero-order valence-electron chi connectivity index (χ0n) is 11.7. The monoisotopic (exact) mass is 255 g/mol. The van der Waals surface area contributed by atoms with E-state index >= 15 is 0 Å². The number of nitrogens with two attached hydrogens (primary N) is 1. The molecule has 1 saturated carbocycles. The SMILES string of the molecule is Cc1cccc(-c2c(C3CCCC3)nn(C)c2N)c1. The molecule has 100 valence electrons. The Bertz CT molecular complexity index is 592. The summed E-state index contributed by atoms with van der Waals surface area (Å²) in [6.45, 7) is 2.12. The molecule has 1 fully saturated rings. The van der Waals surface area contributed by atoms with Gasteiger partial charge in [0.2, 0.25) is 0 Å². The number of benzene rings is 1. The molecule has 0 unspecified atom stereocenters. The van der Waals surface area contributed by atoms with E-state index in [-0.39, 0.29) is 0 Å². The third-order valence-electron chi connectivity index (χ3n) is 4.17. The smallest absolute Gasteiger partial charge is 0.129 e. The van der Waals surface area contributed by atoms with E-state index < -0.39 is 0 Å². The molecule has 0 aliphatic heterocycles. The Hall–Kier alpha value is -1.77. The first-order valence-corrected chi connectivity index (χ1v) is 7.06. The van der Waals surface area contributed by atoms with Crippen LogP contribution < -0.4 is 5.73 Å². The van der Waals surface area contributed by atoms with Crippen molar-refractivity contribution in [3.63, 3.8) is 0 Å². The molecule has 1 aliphatic carbocycles. The Morgan fingerprint density at radius 3 is 2.68 bits per heavy atom. The molecule has 0 spiro atoms. The van der Waals surface area contributed by atoms with Crippen molar-refractivity contribution < 1.29 is 0 Å². The first-order valence-electron chi connectivity index (χ1n) is 7.06. The molecule has 0 saturated heterocycles. The first kappa shape index (κ1) is 12.3. The van der Waals surface area contributed by atoms with E-state index in [2.05, 4.69) is 36.3 Å². The number of aryl methyl sites for hydroxylation is 2. The topological polar surface area (TPSA) is 43.8 Å². The lowest BCUT2D eigenvalue weighted by atomic mass is 9.95. The van der Waals surface area contributed by atoms with E-state index in [4.69, 9.17) is 5.73 Å². The Labute approximate surface area is 114 Å². The molecule has 0 atom stereocenters. The van der Waals surface area contributed by atoms with Gasteiger partial charge in [0.05, 0.1) is 5.69 Å². The Morgan fingerprint density at radius 2 is 2.00 bits per heavy atom. The molecule has 1 heterocycles. The van der Waals surface area contributed by atoms with Crippen LogP contribution in [0.4, 0.5) is 5.82 Å². The van der Waals surface area contributed by atoms with Crippen LogP contribution in [0.3, 0.4) is 0 Å². The molecular formula is C16H21N3. The lowest BCUT2D eigenvalue weighted by Crippen LogP contribution is -1.98. The van der Waals surface area contributed by atoms with Gasteiger partial charge in [-0.25, -0.2) is 0 Å². The molecule has 19 heavy (non-hydrogen) atoms. The van der Waals surface area contributed by atoms with Gasteiger partial charge in [-0.15, -0.1) is 0 Å². The number of rotatable bonds is 2. The molecule has 1 aliphatic rings. The number of nitrogen functional groups attached to an aromatic ring is 1. The zero-order chi connectivity index (χ0) is 13.4. The predicted octanol–water partition coefficient (Wildman–Crippen LogP) is 3.64. The fourth-order valence-electron chi connectivity index (χ4n) is 3.14. The lowest BCUT2D eigenvalue weighted by molar-refractivity contribution is 0.661. The number of anilines is 1. The Morgan fingerprint density at radius 1 is 1.26 bits per heavy atom. The van der Waals surface area contributed by atoms with Gasteiger partial charge >= 0.3 is 0 Å². The van der Waals surface area contributed by atoms with Crippen molar-refractivity contribution in [1.29, 1.82) is 0 Å². The second kappa shape index (κ2) is 4.72. The van der Waals surface area contributed by atoms with Crippen LogP contribution in [0.15, 0.2) is 24.3 Å². The van der Waals surface area contributed by atoms with Crippen LogP contribution in [0.2, 0.25) is 0 Å². The molecule has 3 rings (SSSR count).